The molecule has 0 saturated heterocycles. The standard InChI is InChI=1S/C24H31N5O5S.O.Re/c1-14(27-23(33)18(25)11-16-7-9-17(30)10-8-16)22(32)29-20(13-35)24(34)28-19(21(26)31)12-15-5-3-2-4-6-15;;/h2-10,14,18-20,30,35H,11-13,25H2,1H3,(H2,26,31)(H,27,33)(H,28,34)(H,29,32);;/q;-2;/p-3/t14-,18-,19-,20-;;/m0../s1. The topological polar surface area (TPSA) is 212 Å². The Kier molecular flexibility index (Phi) is 15.4. The molecule has 3 amide bonds. The number of hydrogen-bond acceptors (Lipinski definition) is 8. The van der Waals surface area contributed by atoms with Gasteiger partial charge in [-0.05, 0) is 36.8 Å². The molecule has 0 saturated carbocycles. The van der Waals surface area contributed by atoms with Gasteiger partial charge in [0.1, 0.15) is 6.04 Å². The molecule has 0 bridgehead atoms. The molecule has 11 nitrogen and oxygen atoms in total. The number of rotatable bonds is 12. The largest absolute Gasteiger partial charge is 2.00 e. The van der Waals surface area contributed by atoms with Crippen LogP contribution in [0.1, 0.15) is 18.1 Å². The van der Waals surface area contributed by atoms with E-state index in [-0.39, 0.29) is 50.2 Å². The Morgan fingerprint density at radius 2 is 1.43 bits per heavy atom. The number of benzene rings is 2. The SMILES string of the molecule is C[C@H](NC(=O)[C@@H](N)Cc1ccc([O-])cc1)C(=O)N[C@@H](C[S-])C(=O)N[C@@H](Cc1ccccc1)C(=N)[O-].[O-2].[Re]. The maximum atomic E-state index is 12.6. The summed E-state index contributed by atoms with van der Waals surface area (Å²) in [7, 11) is 0. The first-order valence-electron chi connectivity index (χ1n) is 10.9. The van der Waals surface area contributed by atoms with Crippen LogP contribution in [0.3, 0.4) is 0 Å². The van der Waals surface area contributed by atoms with Gasteiger partial charge in [-0.3, -0.25) is 14.4 Å². The second-order valence-corrected chi connectivity index (χ2v) is 8.36. The van der Waals surface area contributed by atoms with E-state index in [1.54, 1.807) is 42.5 Å². The summed E-state index contributed by atoms with van der Waals surface area (Å²) >= 11 is 4.98. The molecule has 0 heterocycles. The van der Waals surface area contributed by atoms with Crippen LogP contribution in [0.2, 0.25) is 0 Å². The summed E-state index contributed by atoms with van der Waals surface area (Å²) in [4.78, 5) is 37.6. The fraction of sp³-hybridized carbons (Fsp3) is 0.333. The van der Waals surface area contributed by atoms with Gasteiger partial charge in [0.05, 0.1) is 18.1 Å². The Labute approximate surface area is 234 Å². The summed E-state index contributed by atoms with van der Waals surface area (Å²) in [5, 5.41) is 37.8. The van der Waals surface area contributed by atoms with Gasteiger partial charge in [0, 0.05) is 20.4 Å². The molecule has 4 atom stereocenters. The molecule has 2 aromatic carbocycles. The average molecular weight is 701 g/mol. The van der Waals surface area contributed by atoms with E-state index in [9.17, 15) is 24.6 Å². The van der Waals surface area contributed by atoms with E-state index in [4.69, 9.17) is 23.8 Å². The van der Waals surface area contributed by atoms with Crippen LogP contribution in [0.5, 0.6) is 5.75 Å². The van der Waals surface area contributed by atoms with E-state index >= 15 is 0 Å². The van der Waals surface area contributed by atoms with Crippen molar-refractivity contribution in [2.24, 2.45) is 5.73 Å². The number of carbonyl (C=O) groups excluding carboxylic acids is 3. The molecule has 0 spiro atoms. The Morgan fingerprint density at radius 1 is 0.892 bits per heavy atom. The van der Waals surface area contributed by atoms with Gasteiger partial charge in [-0.1, -0.05) is 54.6 Å². The van der Waals surface area contributed by atoms with Crippen LogP contribution in [0, 0.1) is 5.41 Å². The van der Waals surface area contributed by atoms with Crippen molar-refractivity contribution in [3.05, 3.63) is 65.7 Å². The third-order valence-corrected chi connectivity index (χ3v) is 5.52. The molecular weight excluding hydrogens is 673 g/mol. The van der Waals surface area contributed by atoms with Gasteiger partial charge < -0.3 is 55.4 Å². The van der Waals surface area contributed by atoms with Crippen molar-refractivity contribution in [1.29, 1.82) is 5.41 Å². The van der Waals surface area contributed by atoms with Crippen LogP contribution in [0.4, 0.5) is 0 Å². The fourth-order valence-corrected chi connectivity index (χ4v) is 3.40. The fourth-order valence-electron chi connectivity index (χ4n) is 3.17. The van der Waals surface area contributed by atoms with Crippen molar-refractivity contribution in [3.63, 3.8) is 0 Å². The normalized spacial score (nSPS) is 13.4. The Balaban J connectivity index is 0.00000648. The van der Waals surface area contributed by atoms with Crippen LogP contribution in [0.15, 0.2) is 54.6 Å². The molecular formula is C24H28N5O6ReS-5. The predicted molar refractivity (Wildman–Crippen MR) is 130 cm³/mol. The molecule has 2 aromatic rings. The first-order chi connectivity index (χ1) is 16.6. The second-order valence-electron chi connectivity index (χ2n) is 8.03. The minimum atomic E-state index is -1.14. The number of nitrogens with one attached hydrogen (secondary N) is 4. The van der Waals surface area contributed by atoms with Crippen molar-refractivity contribution in [2.75, 3.05) is 5.75 Å². The quantitative estimate of drug-likeness (QED) is 0.0965. The average Bonchev–Trinajstić information content (AvgIpc) is 2.83. The van der Waals surface area contributed by atoms with Crippen LogP contribution in [0.25, 0.3) is 0 Å². The maximum Gasteiger partial charge on any atom is 0.242 e. The number of amides is 3. The smallest absolute Gasteiger partial charge is 0.242 e. The first kappa shape index (κ1) is 34.1. The van der Waals surface area contributed by atoms with E-state index in [0.29, 0.717) is 5.56 Å². The van der Waals surface area contributed by atoms with Crippen LogP contribution >= 0.6 is 0 Å². The molecule has 37 heavy (non-hydrogen) atoms. The Bertz CT molecular complexity index is 1030. The van der Waals surface area contributed by atoms with E-state index in [1.165, 1.54) is 19.1 Å². The van der Waals surface area contributed by atoms with Crippen molar-refractivity contribution >= 4 is 36.2 Å². The second kappa shape index (κ2) is 16.7. The third-order valence-electron chi connectivity index (χ3n) is 5.18. The van der Waals surface area contributed by atoms with Gasteiger partial charge >= 0.3 is 0 Å². The summed E-state index contributed by atoms with van der Waals surface area (Å²) in [5.74, 6) is -3.26. The minimum absolute atomic E-state index is 0. The zero-order valence-corrected chi connectivity index (χ0v) is 23.5. The van der Waals surface area contributed by atoms with Crippen LogP contribution in [-0.4, -0.2) is 53.5 Å². The summed E-state index contributed by atoms with van der Waals surface area (Å²) in [6.45, 7) is 1.43. The van der Waals surface area contributed by atoms with E-state index in [1.807, 2.05) is 0 Å². The molecule has 2 rings (SSSR count). The van der Waals surface area contributed by atoms with Crippen LogP contribution in [-0.2, 0) is 65.8 Å². The summed E-state index contributed by atoms with van der Waals surface area (Å²) < 4.78 is 0. The molecule has 203 valence electrons. The summed E-state index contributed by atoms with van der Waals surface area (Å²) in [5.41, 5.74) is 7.36. The molecule has 13 heteroatoms. The van der Waals surface area contributed by atoms with Gasteiger partial charge in [-0.15, -0.1) is 11.5 Å². The van der Waals surface area contributed by atoms with Crippen molar-refractivity contribution in [1.82, 2.24) is 16.0 Å². The zero-order valence-electron chi connectivity index (χ0n) is 19.9. The summed E-state index contributed by atoms with van der Waals surface area (Å²) in [6.07, 6.45) is 0.288. The van der Waals surface area contributed by atoms with Gasteiger partial charge in [-0.25, -0.2) is 0 Å². The molecule has 0 aromatic heterocycles. The van der Waals surface area contributed by atoms with Gasteiger partial charge in [0.2, 0.25) is 17.7 Å². The molecule has 0 aliphatic rings. The molecule has 0 unspecified atom stereocenters. The monoisotopic (exact) mass is 701 g/mol. The molecule has 0 aliphatic heterocycles. The minimum Gasteiger partial charge on any atom is -2.00 e. The Morgan fingerprint density at radius 3 is 1.97 bits per heavy atom. The van der Waals surface area contributed by atoms with Gasteiger partial charge in [-0.2, -0.15) is 0 Å². The predicted octanol–water partition coefficient (Wildman–Crippen LogP) is -1.89. The number of carbonyl (C=O) groups is 3. The maximum absolute atomic E-state index is 12.6. The van der Waals surface area contributed by atoms with Crippen molar-refractivity contribution in [2.45, 2.75) is 43.9 Å². The summed E-state index contributed by atoms with van der Waals surface area (Å²) in [6, 6.07) is 10.6. The zero-order chi connectivity index (χ0) is 26.0. The first-order valence-corrected chi connectivity index (χ1v) is 11.5. The van der Waals surface area contributed by atoms with Crippen LogP contribution < -0.4 is 31.9 Å². The third kappa shape index (κ3) is 11.3. The number of hydrogen-bond donors (Lipinski definition) is 5. The van der Waals surface area contributed by atoms with E-state index < -0.39 is 47.8 Å². The molecule has 1 radical (unpaired) electrons. The van der Waals surface area contributed by atoms with Crippen molar-refractivity contribution < 1.29 is 50.5 Å². The molecule has 0 aliphatic carbocycles. The van der Waals surface area contributed by atoms with E-state index in [2.05, 4.69) is 16.0 Å². The van der Waals surface area contributed by atoms with Crippen molar-refractivity contribution in [3.8, 4) is 5.75 Å². The van der Waals surface area contributed by atoms with E-state index in [0.717, 1.165) is 5.56 Å². The molecule has 6 N–H and O–H groups in total. The van der Waals surface area contributed by atoms with Gasteiger partial charge in [0.25, 0.3) is 0 Å². The number of nitrogens with two attached hydrogens (primary N) is 1. The van der Waals surface area contributed by atoms with Gasteiger partial charge in [0.15, 0.2) is 0 Å². The Hall–Kier alpha value is -2.95. The molecule has 0 fully saturated rings.